The second kappa shape index (κ2) is 18.1. The van der Waals surface area contributed by atoms with Crippen LogP contribution in [0.5, 0.6) is 0 Å². The Labute approximate surface area is 367 Å². The first-order valence-corrected chi connectivity index (χ1v) is 21.7. The molecule has 3 aromatic carbocycles. The van der Waals surface area contributed by atoms with E-state index in [2.05, 4.69) is 69.7 Å². The van der Waals surface area contributed by atoms with Crippen molar-refractivity contribution in [2.75, 3.05) is 79.4 Å². The van der Waals surface area contributed by atoms with Gasteiger partial charge in [-0.3, -0.25) is 24.7 Å². The summed E-state index contributed by atoms with van der Waals surface area (Å²) in [4.78, 5) is 60.7. The van der Waals surface area contributed by atoms with Crippen molar-refractivity contribution in [3.63, 3.8) is 0 Å². The Morgan fingerprint density at radius 1 is 0.921 bits per heavy atom. The zero-order chi connectivity index (χ0) is 44.4. The number of hydrogen-bond acceptors (Lipinski definition) is 12. The van der Waals surface area contributed by atoms with E-state index in [9.17, 15) is 14.4 Å². The van der Waals surface area contributed by atoms with Crippen LogP contribution in [-0.4, -0.2) is 107 Å². The van der Waals surface area contributed by atoms with Gasteiger partial charge in [0, 0.05) is 106 Å². The number of piperidine rings is 1. The molecule has 2 N–H and O–H groups in total. The predicted octanol–water partition coefficient (Wildman–Crippen LogP) is 7.33. The van der Waals surface area contributed by atoms with Gasteiger partial charge in [-0.05, 0) is 98.3 Å². The Morgan fingerprint density at radius 3 is 2.33 bits per heavy atom. The molecule has 3 saturated heterocycles. The molecule has 5 heterocycles. The third-order valence-corrected chi connectivity index (χ3v) is 12.5. The SMILES string of the molecule is Cc1cc(-c2cc(Nc3cccc(N4CCN(CC5CCN(c6ccc(N7CCC(=O)NC7=O)cc6)CC5)CC4)c3)ncn2)c(F)cc1[C@@H](C)N(C)C(=O)c1nc(C(C)(C)C)no1. The first kappa shape index (κ1) is 43.2. The second-order valence-corrected chi connectivity index (χ2v) is 17.9. The summed E-state index contributed by atoms with van der Waals surface area (Å²) in [5, 5.41) is 9.76. The van der Waals surface area contributed by atoms with Gasteiger partial charge < -0.3 is 24.5 Å². The van der Waals surface area contributed by atoms with Gasteiger partial charge in [-0.15, -0.1) is 0 Å². The van der Waals surface area contributed by atoms with Gasteiger partial charge in [0.1, 0.15) is 18.0 Å². The van der Waals surface area contributed by atoms with Crippen molar-refractivity contribution in [1.82, 2.24) is 35.2 Å². The van der Waals surface area contributed by atoms with E-state index in [4.69, 9.17) is 4.52 Å². The van der Waals surface area contributed by atoms with Crippen molar-refractivity contribution in [2.45, 2.75) is 65.3 Å². The second-order valence-electron chi connectivity index (χ2n) is 17.9. The van der Waals surface area contributed by atoms with Crippen LogP contribution >= 0.6 is 0 Å². The molecular weight excluding hydrogens is 802 g/mol. The molecular formula is C47H56FN11O4. The van der Waals surface area contributed by atoms with E-state index in [0.717, 1.165) is 87.0 Å². The number of urea groups is 1. The molecule has 0 unspecified atom stereocenters. The van der Waals surface area contributed by atoms with E-state index < -0.39 is 17.8 Å². The molecule has 0 saturated carbocycles. The van der Waals surface area contributed by atoms with Gasteiger partial charge in [0.25, 0.3) is 0 Å². The standard InChI is InChI=1S/C47H56FN11O4/c1-30-24-38(39(48)26-37(30)31(2)55(6)44(61)43-53-45(54-63-43)47(3,4)5)40-27-41(50-29-49-40)51-33-8-7-9-36(25-33)58-22-20-56(21-23-58)28-32-14-17-57(18-15-32)34-10-12-35(13-11-34)59-19-16-42(60)52-46(59)62/h7-13,24-27,29,31-32H,14-23,28H2,1-6H3,(H,49,50,51)(H,52,60,62)/t31-/m1/s1. The smallest absolute Gasteiger partial charge is 0.328 e. The molecule has 0 bridgehead atoms. The molecule has 15 nitrogen and oxygen atoms in total. The van der Waals surface area contributed by atoms with Crippen LogP contribution in [0.3, 0.4) is 0 Å². The van der Waals surface area contributed by atoms with Crippen LogP contribution in [0.1, 0.15) is 80.6 Å². The largest absolute Gasteiger partial charge is 0.372 e. The molecule has 0 spiro atoms. The van der Waals surface area contributed by atoms with Gasteiger partial charge in [-0.1, -0.05) is 32.0 Å². The number of aryl methyl sites for hydroxylation is 1. The molecule has 1 atom stereocenters. The van der Waals surface area contributed by atoms with Crippen molar-refractivity contribution in [3.05, 3.63) is 102 Å². The van der Waals surface area contributed by atoms with Crippen LogP contribution in [0, 0.1) is 18.7 Å². The molecule has 3 aliphatic heterocycles. The number of nitrogens with one attached hydrogen (secondary N) is 2. The molecule has 8 rings (SSSR count). The first-order chi connectivity index (χ1) is 30.2. The highest BCUT2D eigenvalue weighted by atomic mass is 19.1. The van der Waals surface area contributed by atoms with E-state index in [0.29, 0.717) is 47.3 Å². The molecule has 3 aliphatic rings. The molecule has 5 aromatic rings. The van der Waals surface area contributed by atoms with Gasteiger partial charge in [0.05, 0.1) is 11.7 Å². The molecule has 3 fully saturated rings. The lowest BCUT2D eigenvalue weighted by Gasteiger charge is -2.40. The summed E-state index contributed by atoms with van der Waals surface area (Å²) in [5.74, 6) is 0.405. The van der Waals surface area contributed by atoms with Crippen molar-refractivity contribution >= 4 is 46.4 Å². The maximum Gasteiger partial charge on any atom is 0.328 e. The number of imide groups is 1. The van der Waals surface area contributed by atoms with Gasteiger partial charge in [-0.25, -0.2) is 19.2 Å². The lowest BCUT2D eigenvalue weighted by molar-refractivity contribution is -0.120. The van der Waals surface area contributed by atoms with Crippen molar-refractivity contribution in [2.24, 2.45) is 5.92 Å². The fourth-order valence-corrected chi connectivity index (χ4v) is 8.58. The number of carbonyl (C=O) groups is 3. The lowest BCUT2D eigenvalue weighted by Crippen LogP contribution is -2.49. The van der Waals surface area contributed by atoms with E-state index >= 15 is 4.39 Å². The highest BCUT2D eigenvalue weighted by molar-refractivity contribution is 6.05. The van der Waals surface area contributed by atoms with Crippen molar-refractivity contribution in [3.8, 4) is 11.3 Å². The number of anilines is 5. The Kier molecular flexibility index (Phi) is 12.4. The number of carbonyl (C=O) groups excluding carboxylic acids is 3. The minimum atomic E-state index is -0.473. The Hall–Kier alpha value is -6.42. The third-order valence-electron chi connectivity index (χ3n) is 12.5. The topological polar surface area (TPSA) is 156 Å². The van der Waals surface area contributed by atoms with Crippen LogP contribution in [0.25, 0.3) is 11.3 Å². The highest BCUT2D eigenvalue weighted by Gasteiger charge is 2.30. The maximum atomic E-state index is 15.9. The van der Waals surface area contributed by atoms with Crippen LogP contribution in [0.2, 0.25) is 0 Å². The third kappa shape index (κ3) is 9.80. The molecule has 4 amide bonds. The summed E-state index contributed by atoms with van der Waals surface area (Å²) in [5.41, 5.74) is 5.83. The maximum absolute atomic E-state index is 15.9. The molecule has 0 radical (unpaired) electrons. The van der Waals surface area contributed by atoms with Gasteiger partial charge >= 0.3 is 17.8 Å². The molecule has 16 heteroatoms. The normalized spacial score (nSPS) is 17.2. The minimum absolute atomic E-state index is 0.104. The zero-order valence-corrected chi connectivity index (χ0v) is 36.9. The lowest BCUT2D eigenvalue weighted by atomic mass is 9.95. The number of halogens is 1. The highest BCUT2D eigenvalue weighted by Crippen LogP contribution is 2.33. The van der Waals surface area contributed by atoms with Gasteiger partial charge in [0.2, 0.25) is 5.91 Å². The van der Waals surface area contributed by atoms with Crippen LogP contribution in [0.4, 0.5) is 37.8 Å². The summed E-state index contributed by atoms with van der Waals surface area (Å²) in [6.45, 7) is 16.9. The molecule has 0 aliphatic carbocycles. The number of nitrogens with zero attached hydrogens (tertiary/aromatic N) is 9. The fraction of sp³-hybridized carbons (Fsp3) is 0.426. The number of aromatic nitrogens is 4. The van der Waals surface area contributed by atoms with Crippen LogP contribution in [-0.2, 0) is 10.2 Å². The average molecular weight is 858 g/mol. The predicted molar refractivity (Wildman–Crippen MR) is 241 cm³/mol. The van der Waals surface area contributed by atoms with E-state index in [1.54, 1.807) is 24.1 Å². The van der Waals surface area contributed by atoms with Crippen LogP contribution < -0.4 is 25.3 Å². The summed E-state index contributed by atoms with van der Waals surface area (Å²) < 4.78 is 21.2. The Balaban J connectivity index is 0.825. The molecule has 330 valence electrons. The minimum Gasteiger partial charge on any atom is -0.372 e. The number of benzene rings is 3. The number of piperazine rings is 1. The Bertz CT molecular complexity index is 2450. The van der Waals surface area contributed by atoms with E-state index in [-0.39, 0.29) is 23.2 Å². The van der Waals surface area contributed by atoms with Crippen molar-refractivity contribution < 1.29 is 23.3 Å². The summed E-state index contributed by atoms with van der Waals surface area (Å²) in [6, 6.07) is 20.5. The molecule has 2 aromatic heterocycles. The van der Waals surface area contributed by atoms with Gasteiger partial charge in [0.15, 0.2) is 5.82 Å². The Morgan fingerprint density at radius 2 is 1.63 bits per heavy atom. The fourth-order valence-electron chi connectivity index (χ4n) is 8.58. The van der Waals surface area contributed by atoms with Crippen molar-refractivity contribution in [1.29, 1.82) is 0 Å². The zero-order valence-electron chi connectivity index (χ0n) is 36.9. The summed E-state index contributed by atoms with van der Waals surface area (Å²) >= 11 is 0. The quantitative estimate of drug-likeness (QED) is 0.137. The molecule has 63 heavy (non-hydrogen) atoms. The number of amides is 4. The monoisotopic (exact) mass is 857 g/mol. The van der Waals surface area contributed by atoms with Gasteiger partial charge in [-0.2, -0.15) is 4.98 Å². The number of hydrogen-bond donors (Lipinski definition) is 2. The average Bonchev–Trinajstić information content (AvgIpc) is 3.79. The van der Waals surface area contributed by atoms with E-state index in [1.807, 2.05) is 58.9 Å². The number of rotatable bonds is 11. The summed E-state index contributed by atoms with van der Waals surface area (Å²) in [7, 11) is 1.64. The first-order valence-electron chi connectivity index (χ1n) is 21.7. The summed E-state index contributed by atoms with van der Waals surface area (Å²) in [6.07, 6.45) is 4.01. The van der Waals surface area contributed by atoms with Crippen LogP contribution in [0.15, 0.2) is 77.6 Å². The van der Waals surface area contributed by atoms with E-state index in [1.165, 1.54) is 17.3 Å².